The molecular formula is C29H52N9O19P3S. The van der Waals surface area contributed by atoms with Crippen LogP contribution >= 0.6 is 35.2 Å². The maximum atomic E-state index is 12.6. The highest BCUT2D eigenvalue weighted by Gasteiger charge is 2.50. The van der Waals surface area contributed by atoms with Crippen LogP contribution < -0.4 is 27.8 Å². The molecule has 0 saturated carbocycles. The Bertz CT molecular complexity index is 1940. The summed E-state index contributed by atoms with van der Waals surface area (Å²) >= 11 is 1.03. The number of ether oxygens (including phenoxy) is 1. The van der Waals surface area contributed by atoms with Gasteiger partial charge in [-0.2, -0.15) is 4.31 Å². The minimum atomic E-state index is -5.56. The normalized spacial score (nSPS) is 21.0. The highest BCUT2D eigenvalue weighted by molar-refractivity contribution is 8.13. The molecule has 2 unspecified atom stereocenters. The van der Waals surface area contributed by atoms with Crippen molar-refractivity contribution >= 4 is 75.1 Å². The standard InChI is InChI=1S/C23H38N7O17P3S.C6H14N2O2/c1-12(31)51-7-6-25-14(32)4-5-26-21(35)18(34)23(2,3)9-44-50(41,42)47-49(39,40)43-8-13-17(46-48(36,37)38)16(33)22(45-13)30-11-29-15-19(24)27-10-28-20(15)30;7-4-2-1-3-5(8)6(9)10/h10-11,13,16-18,22,33-34H,4-9H2,1-3H3,(H,25,32)(H,26,35)(H,39,40)(H,41,42)(H2,24,27,28)(H2,36,37,38);5H,1-4,7-8H2,(H,9,10)/t13-,16-,17-,18+,22-;5-/m10/s1. The predicted molar refractivity (Wildman–Crippen MR) is 211 cm³/mol. The Morgan fingerprint density at radius 3 is 2.30 bits per heavy atom. The van der Waals surface area contributed by atoms with Crippen molar-refractivity contribution in [2.45, 2.75) is 83.1 Å². The molecule has 0 bridgehead atoms. The molecule has 0 spiro atoms. The molecule has 348 valence electrons. The van der Waals surface area contributed by atoms with Crippen LogP contribution in [0.3, 0.4) is 0 Å². The first-order valence-corrected chi connectivity index (χ1v) is 23.4. The highest BCUT2D eigenvalue weighted by atomic mass is 32.2. The number of amides is 2. The van der Waals surface area contributed by atoms with Gasteiger partial charge in [-0.1, -0.05) is 32.0 Å². The number of hydrogen-bond acceptors (Lipinski definition) is 21. The van der Waals surface area contributed by atoms with Crippen molar-refractivity contribution < 1.29 is 90.4 Å². The smallest absolute Gasteiger partial charge is 0.480 e. The van der Waals surface area contributed by atoms with Gasteiger partial charge in [0, 0.05) is 37.6 Å². The number of rotatable bonds is 24. The first kappa shape index (κ1) is 54.1. The summed E-state index contributed by atoms with van der Waals surface area (Å²) in [6.45, 7) is 2.50. The van der Waals surface area contributed by atoms with Crippen molar-refractivity contribution in [1.29, 1.82) is 0 Å². The molecule has 1 aliphatic rings. The monoisotopic (exact) mass is 955 g/mol. The van der Waals surface area contributed by atoms with Crippen LogP contribution in [0.2, 0.25) is 0 Å². The topological polar surface area (TPSA) is 453 Å². The Balaban J connectivity index is 0.00000113. The third-order valence-electron chi connectivity index (χ3n) is 8.09. The quantitative estimate of drug-likeness (QED) is 0.0408. The van der Waals surface area contributed by atoms with E-state index >= 15 is 0 Å². The number of imidazole rings is 1. The molecule has 8 atom stereocenters. The number of phosphoric acid groups is 3. The number of hydrogen-bond donors (Lipinski definition) is 12. The van der Waals surface area contributed by atoms with Gasteiger partial charge < -0.3 is 67.5 Å². The van der Waals surface area contributed by atoms with Gasteiger partial charge in [0.25, 0.3) is 0 Å². The largest absolute Gasteiger partial charge is 0.481 e. The van der Waals surface area contributed by atoms with Gasteiger partial charge >= 0.3 is 29.4 Å². The SMILES string of the molecule is CC(=O)SCCNC(=O)CCNC(=O)[C@H](O)C(C)(C)COP(=O)(O)OP(=O)(O)OC[C@H]1O[C@@H](n2cnc3c(N)ncnc32)[C@H](O)[C@@H]1OP(=O)(O)O.NCCCC[C@H](N)C(=O)O. The maximum Gasteiger partial charge on any atom is 0.481 e. The lowest BCUT2D eigenvalue weighted by molar-refractivity contribution is -0.139. The molecule has 32 heteroatoms. The highest BCUT2D eigenvalue weighted by Crippen LogP contribution is 2.61. The number of aliphatic carboxylic acids is 1. The number of aromatic nitrogens is 4. The number of phosphoric ester groups is 3. The molecule has 1 aliphatic heterocycles. The predicted octanol–water partition coefficient (Wildman–Crippen LogP) is -1.79. The number of nitrogens with two attached hydrogens (primary N) is 3. The molecule has 1 saturated heterocycles. The zero-order valence-corrected chi connectivity index (χ0v) is 36.5. The van der Waals surface area contributed by atoms with Crippen molar-refractivity contribution in [2.24, 2.45) is 16.9 Å². The number of thioether (sulfide) groups is 1. The molecule has 2 amide bonds. The van der Waals surface area contributed by atoms with E-state index in [-0.39, 0.29) is 41.6 Å². The summed E-state index contributed by atoms with van der Waals surface area (Å²) in [5.74, 6) is -2.02. The van der Waals surface area contributed by atoms with E-state index in [1.54, 1.807) is 0 Å². The van der Waals surface area contributed by atoms with Crippen LogP contribution in [0.4, 0.5) is 5.82 Å². The first-order valence-electron chi connectivity index (χ1n) is 17.9. The van der Waals surface area contributed by atoms with E-state index in [0.29, 0.717) is 18.7 Å². The number of carboxylic acids is 1. The molecule has 2 aromatic heterocycles. The lowest BCUT2D eigenvalue weighted by Crippen LogP contribution is -2.46. The van der Waals surface area contributed by atoms with Gasteiger partial charge in [0.15, 0.2) is 22.8 Å². The Morgan fingerprint density at radius 2 is 1.69 bits per heavy atom. The number of fused-ring (bicyclic) bond motifs is 1. The van der Waals surface area contributed by atoms with Crippen LogP contribution in [0.25, 0.3) is 11.2 Å². The second-order valence-electron chi connectivity index (χ2n) is 13.6. The Hall–Kier alpha value is -3.05. The van der Waals surface area contributed by atoms with Gasteiger partial charge in [-0.3, -0.25) is 37.3 Å². The zero-order chi connectivity index (χ0) is 46.3. The molecule has 61 heavy (non-hydrogen) atoms. The Morgan fingerprint density at radius 1 is 1.03 bits per heavy atom. The number of nitrogens with one attached hydrogen (secondary N) is 2. The molecule has 3 rings (SSSR count). The fraction of sp³-hybridized carbons (Fsp3) is 0.690. The van der Waals surface area contributed by atoms with E-state index < -0.39 is 96.6 Å². The maximum absolute atomic E-state index is 12.6. The lowest BCUT2D eigenvalue weighted by atomic mass is 9.87. The second-order valence-corrected chi connectivity index (χ2v) is 19.1. The number of anilines is 1. The Kier molecular flexibility index (Phi) is 21.4. The van der Waals surface area contributed by atoms with Gasteiger partial charge in [0.1, 0.15) is 42.3 Å². The van der Waals surface area contributed by atoms with E-state index in [0.717, 1.165) is 41.8 Å². The zero-order valence-electron chi connectivity index (χ0n) is 33.0. The molecular weight excluding hydrogens is 903 g/mol. The summed E-state index contributed by atoms with van der Waals surface area (Å²) in [5, 5.41) is 34.4. The first-order chi connectivity index (χ1) is 28.2. The molecule has 15 N–H and O–H groups in total. The van der Waals surface area contributed by atoms with Crippen LogP contribution in [-0.2, 0) is 55.5 Å². The van der Waals surface area contributed by atoms with Crippen LogP contribution in [-0.4, -0.2) is 146 Å². The van der Waals surface area contributed by atoms with Gasteiger partial charge in [-0.25, -0.2) is 28.6 Å². The fourth-order valence-corrected chi connectivity index (χ4v) is 8.28. The molecule has 1 fully saturated rings. The summed E-state index contributed by atoms with van der Waals surface area (Å²) in [4.78, 5) is 96.1. The van der Waals surface area contributed by atoms with E-state index in [1.165, 1.54) is 20.8 Å². The van der Waals surface area contributed by atoms with Gasteiger partial charge in [0.05, 0.1) is 19.5 Å². The van der Waals surface area contributed by atoms with Crippen LogP contribution in [0, 0.1) is 5.41 Å². The van der Waals surface area contributed by atoms with E-state index in [1.807, 2.05) is 0 Å². The van der Waals surface area contributed by atoms with Crippen molar-refractivity contribution in [3.8, 4) is 0 Å². The van der Waals surface area contributed by atoms with E-state index in [4.69, 9.17) is 36.1 Å². The minimum absolute atomic E-state index is 0.0310. The van der Waals surface area contributed by atoms with Gasteiger partial charge in [0.2, 0.25) is 11.8 Å². The molecule has 3 heterocycles. The van der Waals surface area contributed by atoms with Crippen molar-refractivity contribution in [3.05, 3.63) is 12.7 Å². The molecule has 28 nitrogen and oxygen atoms in total. The number of nitrogens with zero attached hydrogens (tertiary/aromatic N) is 4. The summed E-state index contributed by atoms with van der Waals surface area (Å²) in [5.41, 5.74) is 14.7. The number of carboxylic acid groups (broad SMARTS) is 1. The average molecular weight is 956 g/mol. The van der Waals surface area contributed by atoms with Crippen LogP contribution in [0.15, 0.2) is 12.7 Å². The Labute approximate surface area is 352 Å². The van der Waals surface area contributed by atoms with Crippen molar-refractivity contribution in [1.82, 2.24) is 30.2 Å². The third kappa shape index (κ3) is 18.7. The number of aliphatic hydroxyl groups excluding tert-OH is 2. The van der Waals surface area contributed by atoms with Gasteiger partial charge in [-0.15, -0.1) is 0 Å². The van der Waals surface area contributed by atoms with Crippen molar-refractivity contribution in [3.63, 3.8) is 0 Å². The molecule has 0 radical (unpaired) electrons. The summed E-state index contributed by atoms with van der Waals surface area (Å²) < 4.78 is 61.8. The average Bonchev–Trinajstić information content (AvgIpc) is 3.71. The second kappa shape index (κ2) is 24.1. The summed E-state index contributed by atoms with van der Waals surface area (Å²) in [7, 11) is -16.4. The molecule has 2 aromatic rings. The number of unbranched alkanes of at least 4 members (excludes halogenated alkanes) is 1. The number of nitrogen functional groups attached to an aromatic ring is 1. The lowest BCUT2D eigenvalue weighted by Gasteiger charge is -2.30. The number of carbonyl (C=O) groups excluding carboxylic acids is 3. The molecule has 0 aromatic carbocycles. The minimum Gasteiger partial charge on any atom is -0.480 e. The third-order valence-corrected chi connectivity index (χ3v) is 12.0. The van der Waals surface area contributed by atoms with Crippen LogP contribution in [0.1, 0.15) is 52.7 Å². The van der Waals surface area contributed by atoms with Crippen molar-refractivity contribution in [2.75, 3.05) is 44.3 Å². The van der Waals surface area contributed by atoms with E-state index in [2.05, 4.69) is 34.4 Å². The van der Waals surface area contributed by atoms with E-state index in [9.17, 15) is 62.7 Å². The molecule has 0 aliphatic carbocycles. The van der Waals surface area contributed by atoms with Crippen LogP contribution in [0.5, 0.6) is 0 Å². The number of carbonyl (C=O) groups is 4. The summed E-state index contributed by atoms with van der Waals surface area (Å²) in [6.07, 6.45) is -4.72. The summed E-state index contributed by atoms with van der Waals surface area (Å²) in [6, 6.07) is -0.716. The fourth-order valence-electron chi connectivity index (χ4n) is 4.96. The number of aliphatic hydroxyl groups is 2. The van der Waals surface area contributed by atoms with Gasteiger partial charge in [-0.05, 0) is 19.4 Å².